The highest BCUT2D eigenvalue weighted by molar-refractivity contribution is 5.90. The number of aromatic nitrogens is 3. The van der Waals surface area contributed by atoms with E-state index >= 15 is 0 Å². The summed E-state index contributed by atoms with van der Waals surface area (Å²) in [5, 5.41) is 4.16. The number of carbonyl (C=O) groups excluding carboxylic acids is 1. The van der Waals surface area contributed by atoms with E-state index in [1.165, 1.54) is 0 Å². The first-order valence-electron chi connectivity index (χ1n) is 6.87. The molecule has 2 aromatic rings. The minimum absolute atomic E-state index is 0.324. The summed E-state index contributed by atoms with van der Waals surface area (Å²) < 4.78 is 6.78. The van der Waals surface area contributed by atoms with Crippen molar-refractivity contribution in [1.82, 2.24) is 19.7 Å². The first-order valence-corrected chi connectivity index (χ1v) is 6.87. The van der Waals surface area contributed by atoms with Crippen LogP contribution in [0.1, 0.15) is 28.5 Å². The maximum absolute atomic E-state index is 11.9. The lowest BCUT2D eigenvalue weighted by atomic mass is 10.2. The Bertz CT molecular complexity index is 595. The van der Waals surface area contributed by atoms with Crippen LogP contribution in [0.15, 0.2) is 30.7 Å². The molecular formula is C15H20N4O2. The predicted octanol–water partition coefficient (Wildman–Crippen LogP) is 1.62. The third-order valence-corrected chi connectivity index (χ3v) is 3.15. The molecule has 112 valence electrons. The van der Waals surface area contributed by atoms with Gasteiger partial charge in [-0.3, -0.25) is 14.6 Å². The van der Waals surface area contributed by atoms with Crippen molar-refractivity contribution in [3.63, 3.8) is 0 Å². The summed E-state index contributed by atoms with van der Waals surface area (Å²) in [7, 11) is 3.82. The van der Waals surface area contributed by atoms with Gasteiger partial charge in [0.05, 0.1) is 18.5 Å². The van der Waals surface area contributed by atoms with Crippen molar-refractivity contribution in [2.75, 3.05) is 13.7 Å². The van der Waals surface area contributed by atoms with E-state index in [0.717, 1.165) is 17.8 Å². The first kappa shape index (κ1) is 15.2. The van der Waals surface area contributed by atoms with Gasteiger partial charge in [0.15, 0.2) is 0 Å². The predicted molar refractivity (Wildman–Crippen MR) is 78.6 cm³/mol. The van der Waals surface area contributed by atoms with Crippen LogP contribution in [-0.4, -0.2) is 39.3 Å². The summed E-state index contributed by atoms with van der Waals surface area (Å²) in [6, 6.07) is 3.94. The van der Waals surface area contributed by atoms with E-state index in [0.29, 0.717) is 18.7 Å². The summed E-state index contributed by atoms with van der Waals surface area (Å²) in [5.74, 6) is -0.324. The zero-order valence-corrected chi connectivity index (χ0v) is 12.6. The molecule has 0 spiro atoms. The molecule has 6 nitrogen and oxygen atoms in total. The van der Waals surface area contributed by atoms with E-state index in [9.17, 15) is 4.79 Å². The molecule has 0 saturated carbocycles. The van der Waals surface area contributed by atoms with Crippen molar-refractivity contribution in [1.29, 1.82) is 0 Å². The lowest BCUT2D eigenvalue weighted by molar-refractivity contribution is 0.0524. The molecule has 6 heteroatoms. The van der Waals surface area contributed by atoms with Crippen LogP contribution in [0.3, 0.4) is 0 Å². The molecular weight excluding hydrogens is 268 g/mol. The van der Waals surface area contributed by atoms with Gasteiger partial charge >= 0.3 is 5.97 Å². The summed E-state index contributed by atoms with van der Waals surface area (Å²) in [6.07, 6.45) is 5.15. The number of rotatable bonds is 6. The summed E-state index contributed by atoms with van der Waals surface area (Å²) in [6.45, 7) is 3.52. The fraction of sp³-hybridized carbons (Fsp3) is 0.400. The van der Waals surface area contributed by atoms with Gasteiger partial charge in [0.1, 0.15) is 5.56 Å². The van der Waals surface area contributed by atoms with E-state index in [1.54, 1.807) is 24.0 Å². The molecule has 0 saturated heterocycles. The van der Waals surface area contributed by atoms with Crippen LogP contribution in [0.2, 0.25) is 0 Å². The van der Waals surface area contributed by atoms with Crippen LogP contribution in [0, 0.1) is 0 Å². The van der Waals surface area contributed by atoms with E-state index < -0.39 is 0 Å². The van der Waals surface area contributed by atoms with E-state index in [-0.39, 0.29) is 5.97 Å². The summed E-state index contributed by atoms with van der Waals surface area (Å²) in [5.41, 5.74) is 2.50. The average Bonchev–Trinajstić information content (AvgIpc) is 2.81. The minimum atomic E-state index is -0.324. The Kier molecular flexibility index (Phi) is 5.05. The van der Waals surface area contributed by atoms with E-state index in [1.807, 2.05) is 32.4 Å². The lowest BCUT2D eigenvalue weighted by Gasteiger charge is -2.17. The fourth-order valence-corrected chi connectivity index (χ4v) is 2.14. The maximum Gasteiger partial charge on any atom is 0.341 e. The Hall–Kier alpha value is -2.21. The van der Waals surface area contributed by atoms with Crippen LogP contribution >= 0.6 is 0 Å². The van der Waals surface area contributed by atoms with Gasteiger partial charge in [0, 0.05) is 32.5 Å². The molecule has 0 aromatic carbocycles. The molecule has 0 aliphatic heterocycles. The summed E-state index contributed by atoms with van der Waals surface area (Å²) in [4.78, 5) is 18.1. The number of nitrogens with zero attached hydrogens (tertiary/aromatic N) is 4. The van der Waals surface area contributed by atoms with Gasteiger partial charge in [-0.2, -0.15) is 5.10 Å². The fourth-order valence-electron chi connectivity index (χ4n) is 2.14. The molecule has 21 heavy (non-hydrogen) atoms. The molecule has 2 heterocycles. The van der Waals surface area contributed by atoms with Gasteiger partial charge in [-0.15, -0.1) is 0 Å². The highest BCUT2D eigenvalue weighted by atomic mass is 16.5. The molecule has 0 aliphatic carbocycles. The quantitative estimate of drug-likeness (QED) is 0.756. The highest BCUT2D eigenvalue weighted by Gasteiger charge is 2.18. The number of esters is 1. The standard InChI is InChI=1S/C15H20N4O2/c1-4-21-15(20)13-9-17-19(3)14(13)11-18(2)10-12-6-5-7-16-8-12/h5-9H,4,10-11H2,1-3H3. The topological polar surface area (TPSA) is 60.2 Å². The molecule has 0 radical (unpaired) electrons. The van der Waals surface area contributed by atoms with Gasteiger partial charge in [-0.25, -0.2) is 4.79 Å². The van der Waals surface area contributed by atoms with Gasteiger partial charge < -0.3 is 4.74 Å². The number of ether oxygens (including phenoxy) is 1. The molecule has 0 atom stereocenters. The molecule has 0 bridgehead atoms. The Morgan fingerprint density at radius 3 is 2.86 bits per heavy atom. The SMILES string of the molecule is CCOC(=O)c1cnn(C)c1CN(C)Cc1cccnc1. The molecule has 0 aliphatic rings. The monoisotopic (exact) mass is 288 g/mol. The van der Waals surface area contributed by atoms with Crippen LogP contribution in [0.5, 0.6) is 0 Å². The molecule has 0 fully saturated rings. The van der Waals surface area contributed by atoms with Gasteiger partial charge in [-0.1, -0.05) is 6.07 Å². The zero-order valence-electron chi connectivity index (χ0n) is 12.6. The smallest absolute Gasteiger partial charge is 0.341 e. The number of carbonyl (C=O) groups is 1. The molecule has 0 amide bonds. The molecule has 2 rings (SSSR count). The number of aryl methyl sites for hydroxylation is 1. The molecule has 2 aromatic heterocycles. The van der Waals surface area contributed by atoms with Gasteiger partial charge in [0.25, 0.3) is 0 Å². The zero-order chi connectivity index (χ0) is 15.2. The van der Waals surface area contributed by atoms with Crippen molar-refractivity contribution in [2.45, 2.75) is 20.0 Å². The van der Waals surface area contributed by atoms with Gasteiger partial charge in [0.2, 0.25) is 0 Å². The van der Waals surface area contributed by atoms with Gasteiger partial charge in [-0.05, 0) is 25.6 Å². The third kappa shape index (κ3) is 3.88. The van der Waals surface area contributed by atoms with Crippen LogP contribution < -0.4 is 0 Å². The van der Waals surface area contributed by atoms with Crippen LogP contribution in [-0.2, 0) is 24.9 Å². The number of hydrogen-bond donors (Lipinski definition) is 0. The van der Waals surface area contributed by atoms with Crippen molar-refractivity contribution in [2.24, 2.45) is 7.05 Å². The second kappa shape index (κ2) is 6.99. The molecule has 0 N–H and O–H groups in total. The van der Waals surface area contributed by atoms with E-state index in [4.69, 9.17) is 4.74 Å². The second-order valence-corrected chi connectivity index (χ2v) is 4.88. The number of pyridine rings is 1. The first-order chi connectivity index (χ1) is 10.1. The summed E-state index contributed by atoms with van der Waals surface area (Å²) >= 11 is 0. The largest absolute Gasteiger partial charge is 0.462 e. The highest BCUT2D eigenvalue weighted by Crippen LogP contribution is 2.13. The Balaban J connectivity index is 2.08. The van der Waals surface area contributed by atoms with Crippen molar-refractivity contribution in [3.8, 4) is 0 Å². The normalized spacial score (nSPS) is 10.9. The lowest BCUT2D eigenvalue weighted by Crippen LogP contribution is -2.21. The third-order valence-electron chi connectivity index (χ3n) is 3.15. The minimum Gasteiger partial charge on any atom is -0.462 e. The Morgan fingerprint density at radius 1 is 1.38 bits per heavy atom. The van der Waals surface area contributed by atoms with Crippen molar-refractivity contribution < 1.29 is 9.53 Å². The second-order valence-electron chi connectivity index (χ2n) is 4.88. The van der Waals surface area contributed by atoms with Crippen LogP contribution in [0.4, 0.5) is 0 Å². The Morgan fingerprint density at radius 2 is 2.19 bits per heavy atom. The number of hydrogen-bond acceptors (Lipinski definition) is 5. The average molecular weight is 288 g/mol. The maximum atomic E-state index is 11.9. The van der Waals surface area contributed by atoms with Crippen molar-refractivity contribution in [3.05, 3.63) is 47.5 Å². The van der Waals surface area contributed by atoms with Crippen LogP contribution in [0.25, 0.3) is 0 Å². The van der Waals surface area contributed by atoms with E-state index in [2.05, 4.69) is 15.0 Å². The van der Waals surface area contributed by atoms with Crippen molar-refractivity contribution >= 4 is 5.97 Å². The Labute approximate surface area is 124 Å². The molecule has 0 unspecified atom stereocenters.